The third-order valence-electron chi connectivity index (χ3n) is 5.07. The Balaban J connectivity index is 1.40. The van der Waals surface area contributed by atoms with Crippen molar-refractivity contribution in [2.75, 3.05) is 18.5 Å². The van der Waals surface area contributed by atoms with Gasteiger partial charge in [-0.05, 0) is 61.1 Å². The number of nitrogens with one attached hydrogen (secondary N) is 1. The van der Waals surface area contributed by atoms with Gasteiger partial charge in [-0.1, -0.05) is 39.7 Å². The minimum Gasteiger partial charge on any atom is -0.489 e. The van der Waals surface area contributed by atoms with Crippen LogP contribution in [0.15, 0.2) is 46.9 Å². The molecule has 2 aliphatic rings. The van der Waals surface area contributed by atoms with Crippen LogP contribution in [-0.4, -0.2) is 25.2 Å². The normalized spacial score (nSPS) is 23.9. The van der Waals surface area contributed by atoms with Crippen LogP contribution < -0.4 is 10.1 Å². The number of rotatable bonds is 6. The molecule has 0 aromatic heterocycles. The van der Waals surface area contributed by atoms with Crippen LogP contribution >= 0.6 is 27.5 Å². The van der Waals surface area contributed by atoms with Crippen molar-refractivity contribution < 1.29 is 14.3 Å². The SMILES string of the molecule is O=C(Nc1cc(Cl)ccc1OCC1CCCO1)C1CC1c1ccc(Br)cc1. The Hall–Kier alpha value is -1.56. The number of hydrogen-bond acceptors (Lipinski definition) is 3. The van der Waals surface area contributed by atoms with Gasteiger partial charge >= 0.3 is 0 Å². The zero-order chi connectivity index (χ0) is 18.8. The first kappa shape index (κ1) is 18.8. The van der Waals surface area contributed by atoms with Crippen molar-refractivity contribution >= 4 is 39.1 Å². The summed E-state index contributed by atoms with van der Waals surface area (Å²) in [6.07, 6.45) is 3.05. The van der Waals surface area contributed by atoms with E-state index in [0.717, 1.165) is 30.3 Å². The van der Waals surface area contributed by atoms with E-state index in [0.29, 0.717) is 23.1 Å². The van der Waals surface area contributed by atoms with Gasteiger partial charge in [0.15, 0.2) is 0 Å². The van der Waals surface area contributed by atoms with Crippen molar-refractivity contribution in [2.24, 2.45) is 5.92 Å². The number of carbonyl (C=O) groups excluding carboxylic acids is 1. The monoisotopic (exact) mass is 449 g/mol. The minimum atomic E-state index is -0.0174. The fourth-order valence-electron chi connectivity index (χ4n) is 3.47. The number of carbonyl (C=O) groups is 1. The Morgan fingerprint density at radius 3 is 2.81 bits per heavy atom. The van der Waals surface area contributed by atoms with Gasteiger partial charge in [0.05, 0.1) is 11.8 Å². The van der Waals surface area contributed by atoms with Crippen LogP contribution in [0.5, 0.6) is 5.75 Å². The molecule has 3 atom stereocenters. The number of anilines is 1. The number of ether oxygens (including phenoxy) is 2. The van der Waals surface area contributed by atoms with E-state index in [9.17, 15) is 4.79 Å². The minimum absolute atomic E-state index is 0.00662. The molecule has 2 aromatic carbocycles. The van der Waals surface area contributed by atoms with Gasteiger partial charge in [0.2, 0.25) is 5.91 Å². The summed E-state index contributed by atoms with van der Waals surface area (Å²) in [5.41, 5.74) is 1.81. The predicted octanol–water partition coefficient (Wildman–Crippen LogP) is 5.40. The molecule has 0 spiro atoms. The number of hydrogen-bond donors (Lipinski definition) is 1. The lowest BCUT2D eigenvalue weighted by molar-refractivity contribution is -0.117. The lowest BCUT2D eigenvalue weighted by Crippen LogP contribution is -2.19. The second-order valence-electron chi connectivity index (χ2n) is 7.08. The van der Waals surface area contributed by atoms with Crippen molar-refractivity contribution in [3.63, 3.8) is 0 Å². The third-order valence-corrected chi connectivity index (χ3v) is 5.84. The fraction of sp³-hybridized carbons (Fsp3) is 0.381. The second kappa shape index (κ2) is 8.21. The molecule has 1 saturated heterocycles. The van der Waals surface area contributed by atoms with E-state index in [1.54, 1.807) is 18.2 Å². The molecule has 27 heavy (non-hydrogen) atoms. The van der Waals surface area contributed by atoms with E-state index in [-0.39, 0.29) is 23.8 Å². The summed E-state index contributed by atoms with van der Waals surface area (Å²) in [7, 11) is 0. The van der Waals surface area contributed by atoms with Gasteiger partial charge in [0.1, 0.15) is 12.4 Å². The summed E-state index contributed by atoms with van der Waals surface area (Å²) >= 11 is 9.57. The lowest BCUT2D eigenvalue weighted by atomic mass is 10.1. The molecule has 6 heteroatoms. The van der Waals surface area contributed by atoms with Crippen molar-refractivity contribution in [1.29, 1.82) is 0 Å². The van der Waals surface area contributed by atoms with Crippen LogP contribution in [0, 0.1) is 5.92 Å². The van der Waals surface area contributed by atoms with Crippen LogP contribution in [-0.2, 0) is 9.53 Å². The zero-order valence-corrected chi connectivity index (χ0v) is 17.1. The maximum atomic E-state index is 12.7. The van der Waals surface area contributed by atoms with Gasteiger partial charge in [-0.25, -0.2) is 0 Å². The van der Waals surface area contributed by atoms with Gasteiger partial charge in [-0.3, -0.25) is 4.79 Å². The molecule has 1 aliphatic carbocycles. The summed E-state index contributed by atoms with van der Waals surface area (Å²) in [6.45, 7) is 1.27. The Bertz CT molecular complexity index is 821. The highest BCUT2D eigenvalue weighted by atomic mass is 79.9. The largest absolute Gasteiger partial charge is 0.489 e. The average Bonchev–Trinajstić information content (AvgIpc) is 3.29. The topological polar surface area (TPSA) is 47.6 Å². The van der Waals surface area contributed by atoms with Crippen molar-refractivity contribution in [3.8, 4) is 5.75 Å². The molecule has 0 bridgehead atoms. The fourth-order valence-corrected chi connectivity index (χ4v) is 3.91. The summed E-state index contributed by atoms with van der Waals surface area (Å²) < 4.78 is 12.5. The summed E-state index contributed by atoms with van der Waals surface area (Å²) in [5.74, 6) is 0.890. The highest BCUT2D eigenvalue weighted by molar-refractivity contribution is 9.10. The first-order valence-electron chi connectivity index (χ1n) is 9.20. The van der Waals surface area contributed by atoms with E-state index in [4.69, 9.17) is 21.1 Å². The van der Waals surface area contributed by atoms with Crippen LogP contribution in [0.2, 0.25) is 5.02 Å². The van der Waals surface area contributed by atoms with Crippen molar-refractivity contribution in [3.05, 3.63) is 57.5 Å². The molecule has 4 nitrogen and oxygen atoms in total. The summed E-state index contributed by atoms with van der Waals surface area (Å²) in [6, 6.07) is 13.5. The highest BCUT2D eigenvalue weighted by Crippen LogP contribution is 2.48. The zero-order valence-electron chi connectivity index (χ0n) is 14.8. The molecule has 1 heterocycles. The Kier molecular flexibility index (Phi) is 5.71. The Morgan fingerprint density at radius 2 is 2.07 bits per heavy atom. The first-order chi connectivity index (χ1) is 13.1. The van der Waals surface area contributed by atoms with Crippen molar-refractivity contribution in [1.82, 2.24) is 0 Å². The number of halogens is 2. The standard InChI is InChI=1S/C21H21BrClNO3/c22-14-5-3-13(4-6-14)17-11-18(17)21(25)24-19-10-15(23)7-8-20(19)27-12-16-2-1-9-26-16/h3-8,10,16-18H,1-2,9,11-12H2,(H,24,25). The molecule has 2 fully saturated rings. The molecule has 2 aromatic rings. The van der Waals surface area contributed by atoms with E-state index in [2.05, 4.69) is 33.4 Å². The van der Waals surface area contributed by atoms with Gasteiger partial charge in [0, 0.05) is 22.0 Å². The summed E-state index contributed by atoms with van der Waals surface area (Å²) in [4.78, 5) is 12.7. The van der Waals surface area contributed by atoms with Crippen LogP contribution in [0.25, 0.3) is 0 Å². The quantitative estimate of drug-likeness (QED) is 0.641. The molecular formula is C21H21BrClNO3. The summed E-state index contributed by atoms with van der Waals surface area (Å²) in [5, 5.41) is 3.57. The molecule has 3 unspecified atom stereocenters. The van der Waals surface area contributed by atoms with Gasteiger partial charge in [-0.15, -0.1) is 0 Å². The molecule has 4 rings (SSSR count). The Labute approximate surface area is 172 Å². The average molecular weight is 451 g/mol. The molecule has 0 radical (unpaired) electrons. The van der Waals surface area contributed by atoms with E-state index < -0.39 is 0 Å². The third kappa shape index (κ3) is 4.65. The van der Waals surface area contributed by atoms with E-state index in [1.165, 1.54) is 5.56 Å². The second-order valence-corrected chi connectivity index (χ2v) is 8.43. The van der Waals surface area contributed by atoms with E-state index in [1.807, 2.05) is 12.1 Å². The van der Waals surface area contributed by atoms with Crippen molar-refractivity contribution in [2.45, 2.75) is 31.3 Å². The number of benzene rings is 2. The molecule has 1 aliphatic heterocycles. The smallest absolute Gasteiger partial charge is 0.228 e. The van der Waals surface area contributed by atoms with Gasteiger partial charge < -0.3 is 14.8 Å². The van der Waals surface area contributed by atoms with Gasteiger partial charge in [0.25, 0.3) is 0 Å². The number of amides is 1. The molecule has 1 saturated carbocycles. The maximum Gasteiger partial charge on any atom is 0.228 e. The molecule has 1 N–H and O–H groups in total. The van der Waals surface area contributed by atoms with Gasteiger partial charge in [-0.2, -0.15) is 0 Å². The lowest BCUT2D eigenvalue weighted by Gasteiger charge is -2.15. The van der Waals surface area contributed by atoms with E-state index >= 15 is 0 Å². The molecular weight excluding hydrogens is 430 g/mol. The highest BCUT2D eigenvalue weighted by Gasteiger charge is 2.44. The van der Waals surface area contributed by atoms with Crippen LogP contribution in [0.4, 0.5) is 5.69 Å². The van der Waals surface area contributed by atoms with Crippen LogP contribution in [0.1, 0.15) is 30.7 Å². The Morgan fingerprint density at radius 1 is 1.26 bits per heavy atom. The predicted molar refractivity (Wildman–Crippen MR) is 110 cm³/mol. The first-order valence-corrected chi connectivity index (χ1v) is 10.4. The maximum absolute atomic E-state index is 12.7. The molecule has 142 valence electrons. The van der Waals surface area contributed by atoms with Crippen LogP contribution in [0.3, 0.4) is 0 Å². The molecule has 1 amide bonds.